The van der Waals surface area contributed by atoms with Crippen LogP contribution >= 0.6 is 0 Å². The molecule has 0 unspecified atom stereocenters. The molecule has 0 aliphatic rings. The van der Waals surface area contributed by atoms with Gasteiger partial charge in [0.05, 0.1) is 17.4 Å². The summed E-state index contributed by atoms with van der Waals surface area (Å²) in [4.78, 5) is 28.6. The number of rotatable bonds is 6. The van der Waals surface area contributed by atoms with E-state index in [0.717, 1.165) is 12.1 Å². The van der Waals surface area contributed by atoms with E-state index in [1.165, 1.54) is 36.6 Å². The minimum absolute atomic E-state index is 0.0737. The second kappa shape index (κ2) is 9.22. The lowest BCUT2D eigenvalue weighted by molar-refractivity contribution is -0.137. The number of nitrogens with one attached hydrogen (secondary N) is 1. The highest BCUT2D eigenvalue weighted by Crippen LogP contribution is 2.31. The fraction of sp³-hybridized carbons (Fsp3) is 0.130. The van der Waals surface area contributed by atoms with Crippen LogP contribution in [0.1, 0.15) is 37.9 Å². The van der Waals surface area contributed by atoms with Gasteiger partial charge in [-0.25, -0.2) is 4.79 Å². The molecule has 0 saturated heterocycles. The summed E-state index contributed by atoms with van der Waals surface area (Å²) in [6.07, 6.45) is -3.14. The number of hydrogen-bond acceptors (Lipinski definition) is 7. The lowest BCUT2D eigenvalue weighted by atomic mass is 10.1. The fourth-order valence-electron chi connectivity index (χ4n) is 2.95. The van der Waals surface area contributed by atoms with Gasteiger partial charge in [0.15, 0.2) is 12.4 Å². The topological polar surface area (TPSA) is 107 Å². The van der Waals surface area contributed by atoms with Crippen molar-refractivity contribution in [1.29, 1.82) is 0 Å². The molecule has 34 heavy (non-hydrogen) atoms. The highest BCUT2D eigenvalue weighted by Gasteiger charge is 2.30. The number of halogens is 3. The van der Waals surface area contributed by atoms with E-state index in [1.807, 2.05) is 0 Å². The van der Waals surface area contributed by atoms with Gasteiger partial charge < -0.3 is 19.0 Å². The second-order valence-electron chi connectivity index (χ2n) is 7.13. The molecule has 0 spiro atoms. The number of furan rings is 1. The normalized spacial score (nSPS) is 11.3. The summed E-state index contributed by atoms with van der Waals surface area (Å²) < 4.78 is 53.9. The van der Waals surface area contributed by atoms with Gasteiger partial charge in [0, 0.05) is 11.3 Å². The minimum atomic E-state index is -4.51. The Kier molecular flexibility index (Phi) is 6.17. The molecule has 1 amide bonds. The number of anilines is 1. The monoisotopic (exact) mass is 471 g/mol. The first-order valence-electron chi connectivity index (χ1n) is 9.83. The van der Waals surface area contributed by atoms with Crippen molar-refractivity contribution in [2.45, 2.75) is 19.7 Å². The van der Waals surface area contributed by atoms with Crippen LogP contribution in [0.15, 0.2) is 69.8 Å². The van der Waals surface area contributed by atoms with Crippen LogP contribution in [-0.4, -0.2) is 22.0 Å². The fourth-order valence-corrected chi connectivity index (χ4v) is 2.95. The maximum absolute atomic E-state index is 12.9. The largest absolute Gasteiger partial charge is 0.459 e. The molecule has 0 aliphatic heterocycles. The first-order chi connectivity index (χ1) is 16.2. The Morgan fingerprint density at radius 2 is 1.91 bits per heavy atom. The number of aromatic nitrogens is 2. The van der Waals surface area contributed by atoms with Crippen LogP contribution in [0.5, 0.6) is 0 Å². The molecule has 4 aromatic rings. The Morgan fingerprint density at radius 1 is 1.09 bits per heavy atom. The molecule has 2 heterocycles. The van der Waals surface area contributed by atoms with Crippen molar-refractivity contribution in [1.82, 2.24) is 10.1 Å². The Bertz CT molecular complexity index is 1330. The van der Waals surface area contributed by atoms with Crippen molar-refractivity contribution < 1.29 is 36.4 Å². The Labute approximate surface area is 190 Å². The number of hydrogen-bond donors (Lipinski definition) is 1. The number of carbonyl (C=O) groups excluding carboxylic acids is 2. The maximum Gasteiger partial charge on any atom is 0.416 e. The molecular weight excluding hydrogens is 455 g/mol. The van der Waals surface area contributed by atoms with Gasteiger partial charge in [-0.1, -0.05) is 23.4 Å². The lowest BCUT2D eigenvalue weighted by Gasteiger charge is -2.09. The van der Waals surface area contributed by atoms with E-state index in [9.17, 15) is 22.8 Å². The molecule has 0 radical (unpaired) electrons. The van der Waals surface area contributed by atoms with Gasteiger partial charge >= 0.3 is 12.1 Å². The van der Waals surface area contributed by atoms with Gasteiger partial charge in [-0.3, -0.25) is 4.79 Å². The van der Waals surface area contributed by atoms with Crippen LogP contribution in [0.4, 0.5) is 18.9 Å². The summed E-state index contributed by atoms with van der Waals surface area (Å²) in [6, 6.07) is 12.1. The van der Waals surface area contributed by atoms with Crippen LogP contribution in [-0.2, 0) is 17.5 Å². The molecule has 0 saturated carbocycles. The van der Waals surface area contributed by atoms with E-state index in [0.29, 0.717) is 11.3 Å². The van der Waals surface area contributed by atoms with Gasteiger partial charge in [0.2, 0.25) is 5.82 Å². The minimum Gasteiger partial charge on any atom is -0.459 e. The van der Waals surface area contributed by atoms with Crippen molar-refractivity contribution in [2.24, 2.45) is 0 Å². The molecule has 0 atom stereocenters. The Balaban J connectivity index is 1.42. The second-order valence-corrected chi connectivity index (χ2v) is 7.13. The van der Waals surface area contributed by atoms with E-state index < -0.39 is 30.2 Å². The highest BCUT2D eigenvalue weighted by atomic mass is 19.4. The van der Waals surface area contributed by atoms with Crippen molar-refractivity contribution >= 4 is 17.6 Å². The molecular formula is C23H16F3N3O5. The Morgan fingerprint density at radius 3 is 2.65 bits per heavy atom. The van der Waals surface area contributed by atoms with Crippen molar-refractivity contribution in [3.63, 3.8) is 0 Å². The highest BCUT2D eigenvalue weighted by molar-refractivity contribution is 6.03. The zero-order valence-electron chi connectivity index (χ0n) is 17.6. The van der Waals surface area contributed by atoms with E-state index in [2.05, 4.69) is 15.5 Å². The third-order valence-corrected chi connectivity index (χ3v) is 4.71. The van der Waals surface area contributed by atoms with Crippen molar-refractivity contribution in [2.75, 3.05) is 5.32 Å². The third-order valence-electron chi connectivity index (χ3n) is 4.71. The molecule has 1 N–H and O–H groups in total. The smallest absolute Gasteiger partial charge is 0.416 e. The zero-order valence-corrected chi connectivity index (χ0v) is 17.6. The van der Waals surface area contributed by atoms with Crippen molar-refractivity contribution in [3.8, 4) is 11.4 Å². The summed E-state index contributed by atoms with van der Waals surface area (Å²) >= 11 is 0. The number of amides is 1. The molecule has 0 bridgehead atoms. The first kappa shape index (κ1) is 22.8. The van der Waals surface area contributed by atoms with Crippen LogP contribution < -0.4 is 5.32 Å². The third kappa shape index (κ3) is 5.14. The number of esters is 1. The molecule has 0 fully saturated rings. The molecule has 11 heteroatoms. The average Bonchev–Trinajstić information content (AvgIpc) is 3.51. The number of nitrogens with zero attached hydrogens (tertiary/aromatic N) is 2. The SMILES string of the molecule is Cc1ccc(C(=O)OCc2nc(-c3cccc(C(F)(F)F)c3)no2)cc1NC(=O)c1ccco1. The summed E-state index contributed by atoms with van der Waals surface area (Å²) in [5.74, 6) is -1.27. The van der Waals surface area contributed by atoms with E-state index >= 15 is 0 Å². The average molecular weight is 471 g/mol. The lowest BCUT2D eigenvalue weighted by Crippen LogP contribution is -2.13. The molecule has 8 nitrogen and oxygen atoms in total. The number of benzene rings is 2. The number of alkyl halides is 3. The van der Waals surface area contributed by atoms with Gasteiger partial charge in [-0.2, -0.15) is 18.2 Å². The molecule has 0 aliphatic carbocycles. The van der Waals surface area contributed by atoms with Gasteiger partial charge in [0.1, 0.15) is 0 Å². The maximum atomic E-state index is 12.9. The van der Waals surface area contributed by atoms with E-state index in [4.69, 9.17) is 13.7 Å². The molecule has 2 aromatic heterocycles. The number of ether oxygens (including phenoxy) is 1. The van der Waals surface area contributed by atoms with Crippen LogP contribution in [0.25, 0.3) is 11.4 Å². The summed E-state index contributed by atoms with van der Waals surface area (Å²) in [6.45, 7) is 1.35. The standard InChI is InChI=1S/C23H16F3N3O5/c1-13-7-8-15(11-17(13)27-21(30)18-6-3-9-32-18)22(31)33-12-19-28-20(29-34-19)14-4-2-5-16(10-14)23(24,25)26/h2-11H,12H2,1H3,(H,27,30). The van der Waals surface area contributed by atoms with Crippen LogP contribution in [0, 0.1) is 6.92 Å². The Hall–Kier alpha value is -4.41. The van der Waals surface area contributed by atoms with Crippen molar-refractivity contribution in [3.05, 3.63) is 89.2 Å². The summed E-state index contributed by atoms with van der Waals surface area (Å²) in [7, 11) is 0. The van der Waals surface area contributed by atoms with Gasteiger partial charge in [-0.15, -0.1) is 0 Å². The molecule has 174 valence electrons. The first-order valence-corrected chi connectivity index (χ1v) is 9.83. The predicted octanol–water partition coefficient (Wildman–Crippen LogP) is 5.27. The van der Waals surface area contributed by atoms with Crippen LogP contribution in [0.3, 0.4) is 0 Å². The molecule has 2 aromatic carbocycles. The summed E-state index contributed by atoms with van der Waals surface area (Å²) in [5, 5.41) is 6.30. The van der Waals surface area contributed by atoms with Gasteiger partial charge in [0.25, 0.3) is 11.8 Å². The van der Waals surface area contributed by atoms with E-state index in [1.54, 1.807) is 19.1 Å². The number of aryl methyl sites for hydroxylation is 1. The number of carbonyl (C=O) groups is 2. The van der Waals surface area contributed by atoms with E-state index in [-0.39, 0.29) is 28.6 Å². The quantitative estimate of drug-likeness (QED) is 0.382. The molecule has 4 rings (SSSR count). The van der Waals surface area contributed by atoms with Gasteiger partial charge in [-0.05, 0) is 48.9 Å². The summed E-state index contributed by atoms with van der Waals surface area (Å²) in [5.41, 5.74) is 0.501. The zero-order chi connectivity index (χ0) is 24.3. The van der Waals surface area contributed by atoms with Crippen LogP contribution in [0.2, 0.25) is 0 Å². The predicted molar refractivity (Wildman–Crippen MR) is 112 cm³/mol.